The lowest BCUT2D eigenvalue weighted by Gasteiger charge is -2.22. The Morgan fingerprint density at radius 2 is 1.93 bits per heavy atom. The monoisotopic (exact) mass is 460 g/mol. The molecule has 28 heavy (non-hydrogen) atoms. The molecule has 2 aromatic rings. The van der Waals surface area contributed by atoms with Crippen LogP contribution in [0.2, 0.25) is 0 Å². The van der Waals surface area contributed by atoms with Crippen LogP contribution in [0.15, 0.2) is 52.3 Å². The number of halogens is 1. The number of thiophene rings is 1. The number of aliphatic hydroxyl groups excluding tert-OH is 1. The van der Waals surface area contributed by atoms with Gasteiger partial charge < -0.3 is 5.11 Å². The number of allylic oxidation sites excluding steroid dienone is 2. The SMILES string of the molecule is CCCCCCC(O)c1ccc(C2C(Br)=CC[C@@H]2CCCc2cccs2)cc1. The maximum Gasteiger partial charge on any atom is 0.0790 e. The molecule has 0 fully saturated rings. The highest BCUT2D eigenvalue weighted by Gasteiger charge is 2.29. The first kappa shape index (κ1) is 21.8. The first-order valence-electron chi connectivity index (χ1n) is 10.8. The topological polar surface area (TPSA) is 20.2 Å². The van der Waals surface area contributed by atoms with Crippen LogP contribution >= 0.6 is 27.3 Å². The number of unbranched alkanes of at least 4 members (excludes halogenated alkanes) is 3. The largest absolute Gasteiger partial charge is 0.388 e. The smallest absolute Gasteiger partial charge is 0.0790 e. The van der Waals surface area contributed by atoms with Gasteiger partial charge in [-0.3, -0.25) is 0 Å². The fourth-order valence-electron chi connectivity index (χ4n) is 4.32. The summed E-state index contributed by atoms with van der Waals surface area (Å²) in [6.07, 6.45) is 12.6. The summed E-state index contributed by atoms with van der Waals surface area (Å²) in [5.74, 6) is 1.15. The standard InChI is InChI=1S/C25H33BrOS/c1-2-3-4-5-11-24(27)19-12-14-21(15-13-19)25-20(16-17-23(25)26)8-6-9-22-10-7-18-28-22/h7,10,12-15,17-18,20,24-25,27H,2-6,8-9,11,16H2,1H3/t20-,24?,25?/m0/s1. The minimum absolute atomic E-state index is 0.324. The zero-order valence-electron chi connectivity index (χ0n) is 16.9. The minimum atomic E-state index is -0.324. The van der Waals surface area contributed by atoms with Crippen molar-refractivity contribution in [1.29, 1.82) is 0 Å². The van der Waals surface area contributed by atoms with Crippen molar-refractivity contribution in [2.75, 3.05) is 0 Å². The molecule has 0 radical (unpaired) electrons. The van der Waals surface area contributed by atoms with Crippen LogP contribution in [0.1, 0.15) is 86.3 Å². The van der Waals surface area contributed by atoms with Gasteiger partial charge >= 0.3 is 0 Å². The van der Waals surface area contributed by atoms with Gasteiger partial charge in [-0.05, 0) is 65.1 Å². The molecule has 1 aliphatic carbocycles. The zero-order valence-corrected chi connectivity index (χ0v) is 19.4. The van der Waals surface area contributed by atoms with E-state index in [2.05, 4.69) is 70.7 Å². The molecule has 0 spiro atoms. The van der Waals surface area contributed by atoms with Crippen molar-refractivity contribution in [3.8, 4) is 0 Å². The van der Waals surface area contributed by atoms with Gasteiger partial charge in [-0.1, -0.05) is 84.9 Å². The van der Waals surface area contributed by atoms with E-state index in [0.29, 0.717) is 11.8 Å². The third kappa shape index (κ3) is 6.05. The summed E-state index contributed by atoms with van der Waals surface area (Å²) in [7, 11) is 0. The van der Waals surface area contributed by atoms with Crippen LogP contribution in [-0.2, 0) is 6.42 Å². The Morgan fingerprint density at radius 1 is 1.11 bits per heavy atom. The van der Waals surface area contributed by atoms with Crippen molar-refractivity contribution < 1.29 is 5.11 Å². The van der Waals surface area contributed by atoms with E-state index in [1.807, 2.05) is 11.3 Å². The van der Waals surface area contributed by atoms with Crippen LogP contribution in [-0.4, -0.2) is 5.11 Å². The third-order valence-electron chi connectivity index (χ3n) is 5.97. The summed E-state index contributed by atoms with van der Waals surface area (Å²) in [6, 6.07) is 13.2. The van der Waals surface area contributed by atoms with E-state index < -0.39 is 0 Å². The van der Waals surface area contributed by atoms with Gasteiger partial charge in [-0.2, -0.15) is 0 Å². The van der Waals surface area contributed by atoms with Crippen LogP contribution in [0, 0.1) is 5.92 Å². The van der Waals surface area contributed by atoms with Gasteiger partial charge in [0.25, 0.3) is 0 Å². The molecule has 0 saturated carbocycles. The molecule has 1 nitrogen and oxygen atoms in total. The molecule has 2 unspecified atom stereocenters. The van der Waals surface area contributed by atoms with E-state index in [0.717, 1.165) is 24.8 Å². The van der Waals surface area contributed by atoms with Gasteiger partial charge in [0, 0.05) is 10.8 Å². The van der Waals surface area contributed by atoms with Gasteiger partial charge in [0.2, 0.25) is 0 Å². The molecule has 0 saturated heterocycles. The minimum Gasteiger partial charge on any atom is -0.388 e. The van der Waals surface area contributed by atoms with E-state index in [1.165, 1.54) is 53.4 Å². The van der Waals surface area contributed by atoms with Gasteiger partial charge in [0.05, 0.1) is 6.10 Å². The zero-order chi connectivity index (χ0) is 19.8. The van der Waals surface area contributed by atoms with Crippen molar-refractivity contribution in [2.45, 2.75) is 76.7 Å². The van der Waals surface area contributed by atoms with E-state index in [9.17, 15) is 5.11 Å². The molecule has 1 N–H and O–H groups in total. The van der Waals surface area contributed by atoms with Gasteiger partial charge in [-0.25, -0.2) is 0 Å². The van der Waals surface area contributed by atoms with Crippen molar-refractivity contribution in [3.63, 3.8) is 0 Å². The molecule has 3 heteroatoms. The first-order valence-corrected chi connectivity index (χ1v) is 12.5. The second-order valence-corrected chi connectivity index (χ2v) is 10.0. The molecule has 1 aromatic carbocycles. The second-order valence-electron chi connectivity index (χ2n) is 8.07. The van der Waals surface area contributed by atoms with Crippen molar-refractivity contribution in [2.24, 2.45) is 5.92 Å². The molecule has 152 valence electrons. The summed E-state index contributed by atoms with van der Waals surface area (Å²) in [6.45, 7) is 2.22. The molecule has 0 aliphatic heterocycles. The molecule has 1 heterocycles. The quantitative estimate of drug-likeness (QED) is 0.335. The molecule has 1 aliphatic rings. The molecule has 0 amide bonds. The Labute approximate surface area is 183 Å². The van der Waals surface area contributed by atoms with E-state index in [4.69, 9.17) is 0 Å². The number of benzene rings is 1. The molecule has 1 aromatic heterocycles. The Morgan fingerprint density at radius 3 is 2.64 bits per heavy atom. The molecule has 3 atom stereocenters. The van der Waals surface area contributed by atoms with Crippen molar-refractivity contribution >= 4 is 27.3 Å². The lowest BCUT2D eigenvalue weighted by atomic mass is 9.84. The van der Waals surface area contributed by atoms with Crippen molar-refractivity contribution in [1.82, 2.24) is 0 Å². The van der Waals surface area contributed by atoms with Gasteiger partial charge in [-0.15, -0.1) is 11.3 Å². The average Bonchev–Trinajstić information content (AvgIpc) is 3.35. The predicted octanol–water partition coefficient (Wildman–Crippen LogP) is 8.16. The summed E-state index contributed by atoms with van der Waals surface area (Å²) in [5, 5.41) is 12.6. The second kappa shape index (κ2) is 11.3. The number of hydrogen-bond donors (Lipinski definition) is 1. The number of hydrogen-bond acceptors (Lipinski definition) is 2. The molecular formula is C25H33BrOS. The Balaban J connectivity index is 1.55. The van der Waals surface area contributed by atoms with Gasteiger partial charge in [0.15, 0.2) is 0 Å². The maximum atomic E-state index is 10.5. The van der Waals surface area contributed by atoms with Crippen LogP contribution in [0.3, 0.4) is 0 Å². The fourth-order valence-corrected chi connectivity index (χ4v) is 5.89. The summed E-state index contributed by atoms with van der Waals surface area (Å²) in [5.41, 5.74) is 2.44. The van der Waals surface area contributed by atoms with Crippen LogP contribution in [0.4, 0.5) is 0 Å². The normalized spacial score (nSPS) is 20.3. The molecule has 3 rings (SSSR count). The Bertz CT molecular complexity index is 720. The third-order valence-corrected chi connectivity index (χ3v) is 7.73. The summed E-state index contributed by atoms with van der Waals surface area (Å²) < 4.78 is 1.33. The fraction of sp³-hybridized carbons (Fsp3) is 0.520. The first-order chi connectivity index (χ1) is 13.7. The van der Waals surface area contributed by atoms with E-state index >= 15 is 0 Å². The average molecular weight is 462 g/mol. The lowest BCUT2D eigenvalue weighted by Crippen LogP contribution is -2.09. The lowest BCUT2D eigenvalue weighted by molar-refractivity contribution is 0.163. The van der Waals surface area contributed by atoms with Crippen LogP contribution in [0.5, 0.6) is 0 Å². The number of aliphatic hydroxyl groups is 1. The number of aryl methyl sites for hydroxylation is 1. The van der Waals surface area contributed by atoms with Gasteiger partial charge in [0.1, 0.15) is 0 Å². The van der Waals surface area contributed by atoms with E-state index in [-0.39, 0.29) is 6.10 Å². The predicted molar refractivity (Wildman–Crippen MR) is 125 cm³/mol. The summed E-state index contributed by atoms with van der Waals surface area (Å²) >= 11 is 5.69. The Hall–Kier alpha value is -0.900. The van der Waals surface area contributed by atoms with Crippen LogP contribution < -0.4 is 0 Å². The van der Waals surface area contributed by atoms with Crippen molar-refractivity contribution in [3.05, 3.63) is 68.3 Å². The number of rotatable bonds is 11. The summed E-state index contributed by atoms with van der Waals surface area (Å²) in [4.78, 5) is 1.50. The molecular weight excluding hydrogens is 428 g/mol. The highest BCUT2D eigenvalue weighted by Crippen LogP contribution is 2.45. The van der Waals surface area contributed by atoms with Crippen LogP contribution in [0.25, 0.3) is 0 Å². The highest BCUT2D eigenvalue weighted by atomic mass is 79.9. The Kier molecular flexibility index (Phi) is 8.82. The van der Waals surface area contributed by atoms with E-state index in [1.54, 1.807) is 0 Å². The molecule has 0 bridgehead atoms. The maximum absolute atomic E-state index is 10.5. The highest BCUT2D eigenvalue weighted by molar-refractivity contribution is 9.11.